The summed E-state index contributed by atoms with van der Waals surface area (Å²) >= 11 is 5.22. The van der Waals surface area contributed by atoms with Crippen LogP contribution in [0.15, 0.2) is 24.3 Å². The first-order valence-corrected chi connectivity index (χ1v) is 8.10. The third-order valence-corrected chi connectivity index (χ3v) is 4.16. The van der Waals surface area contributed by atoms with Crippen LogP contribution in [-0.2, 0) is 0 Å². The maximum Gasteiger partial charge on any atom is 0.257 e. The summed E-state index contributed by atoms with van der Waals surface area (Å²) in [4.78, 5) is 12.3. The maximum absolute atomic E-state index is 12.3. The summed E-state index contributed by atoms with van der Waals surface area (Å²) in [6.45, 7) is 9.54. The predicted molar refractivity (Wildman–Crippen MR) is 102 cm³/mol. The number of anilines is 1. The van der Waals surface area contributed by atoms with Gasteiger partial charge in [-0.3, -0.25) is 10.1 Å². The van der Waals surface area contributed by atoms with Crippen LogP contribution in [0, 0.1) is 34.6 Å². The third kappa shape index (κ3) is 3.92. The van der Waals surface area contributed by atoms with Crippen molar-refractivity contribution in [3.8, 4) is 5.75 Å². The fraction of sp³-hybridized carbons (Fsp3) is 0.263. The van der Waals surface area contributed by atoms with Crippen LogP contribution in [0.25, 0.3) is 0 Å². The van der Waals surface area contributed by atoms with Gasteiger partial charge in [0.1, 0.15) is 5.75 Å². The molecule has 1 amide bonds. The quantitative estimate of drug-likeness (QED) is 0.569. The van der Waals surface area contributed by atoms with E-state index in [1.54, 1.807) is 0 Å². The minimum Gasteiger partial charge on any atom is -0.505 e. The molecule has 0 spiro atoms. The zero-order valence-corrected chi connectivity index (χ0v) is 15.4. The molecule has 0 saturated carbocycles. The van der Waals surface area contributed by atoms with Crippen LogP contribution in [0.1, 0.15) is 38.2 Å². The van der Waals surface area contributed by atoms with Gasteiger partial charge >= 0.3 is 0 Å². The topological polar surface area (TPSA) is 61.4 Å². The van der Waals surface area contributed by atoms with Crippen molar-refractivity contribution in [2.45, 2.75) is 34.6 Å². The molecule has 0 bridgehead atoms. The van der Waals surface area contributed by atoms with Gasteiger partial charge in [-0.15, -0.1) is 0 Å². The molecule has 2 aromatic carbocycles. The van der Waals surface area contributed by atoms with Gasteiger partial charge in [-0.25, -0.2) is 0 Å². The van der Waals surface area contributed by atoms with Gasteiger partial charge in [-0.2, -0.15) is 0 Å². The normalized spacial score (nSPS) is 10.4. The van der Waals surface area contributed by atoms with E-state index in [-0.39, 0.29) is 16.8 Å². The van der Waals surface area contributed by atoms with E-state index in [1.165, 1.54) is 0 Å². The zero-order chi connectivity index (χ0) is 18.0. The summed E-state index contributed by atoms with van der Waals surface area (Å²) in [5.74, 6) is -0.129. The molecule has 3 N–H and O–H groups in total. The monoisotopic (exact) mass is 342 g/mol. The number of hydrogen-bond acceptors (Lipinski definition) is 3. The maximum atomic E-state index is 12.3. The highest BCUT2D eigenvalue weighted by Gasteiger charge is 2.14. The lowest BCUT2D eigenvalue weighted by atomic mass is 10.0. The van der Waals surface area contributed by atoms with Crippen molar-refractivity contribution < 1.29 is 9.90 Å². The van der Waals surface area contributed by atoms with E-state index in [1.807, 2.05) is 58.9 Å². The molecule has 0 atom stereocenters. The molecular formula is C19H22N2O2S. The van der Waals surface area contributed by atoms with E-state index in [2.05, 4.69) is 10.6 Å². The number of thiocarbonyl (C=S) groups is 1. The Balaban J connectivity index is 2.17. The number of phenols is 1. The third-order valence-electron chi connectivity index (χ3n) is 3.96. The van der Waals surface area contributed by atoms with Crippen molar-refractivity contribution in [3.63, 3.8) is 0 Å². The molecule has 0 saturated heterocycles. The fourth-order valence-corrected chi connectivity index (χ4v) is 2.84. The molecule has 0 aliphatic rings. The largest absolute Gasteiger partial charge is 0.505 e. The second kappa shape index (κ2) is 7.01. The summed E-state index contributed by atoms with van der Waals surface area (Å²) in [5, 5.41) is 16.0. The molecule has 0 unspecified atom stereocenters. The van der Waals surface area contributed by atoms with Crippen molar-refractivity contribution >= 4 is 28.9 Å². The molecular weight excluding hydrogens is 320 g/mol. The number of amides is 1. The van der Waals surface area contributed by atoms with Crippen molar-refractivity contribution in [1.82, 2.24) is 5.32 Å². The van der Waals surface area contributed by atoms with Crippen LogP contribution in [0.2, 0.25) is 0 Å². The minimum absolute atomic E-state index is 0.149. The standard InChI is InChI=1S/C19H22N2O2S/c1-10-6-11(2)8-15(7-10)18(23)21-19(24)20-16-13(4)9-12(3)14(5)17(16)22/h6-9,22H,1-5H3,(H2,20,21,23,24). The minimum atomic E-state index is -0.278. The highest BCUT2D eigenvalue weighted by Crippen LogP contribution is 2.33. The van der Waals surface area contributed by atoms with Crippen LogP contribution >= 0.6 is 12.2 Å². The number of hydrogen-bond donors (Lipinski definition) is 3. The summed E-state index contributed by atoms with van der Waals surface area (Å²) in [7, 11) is 0. The van der Waals surface area contributed by atoms with Crippen LogP contribution in [0.4, 0.5) is 5.69 Å². The first-order valence-electron chi connectivity index (χ1n) is 7.69. The predicted octanol–water partition coefficient (Wildman–Crippen LogP) is 4.06. The van der Waals surface area contributed by atoms with Crippen LogP contribution in [0.3, 0.4) is 0 Å². The summed E-state index contributed by atoms with van der Waals surface area (Å²) < 4.78 is 0. The number of benzene rings is 2. The Morgan fingerprint density at radius 1 is 0.958 bits per heavy atom. The van der Waals surface area contributed by atoms with Crippen LogP contribution < -0.4 is 10.6 Å². The van der Waals surface area contributed by atoms with Gasteiger partial charge in [-0.05, 0) is 75.7 Å². The molecule has 0 aliphatic carbocycles. The smallest absolute Gasteiger partial charge is 0.257 e. The number of phenolic OH excluding ortho intramolecular Hbond substituents is 1. The highest BCUT2D eigenvalue weighted by atomic mass is 32.1. The Morgan fingerprint density at radius 2 is 1.54 bits per heavy atom. The van der Waals surface area contributed by atoms with E-state index >= 15 is 0 Å². The Morgan fingerprint density at radius 3 is 2.12 bits per heavy atom. The zero-order valence-electron chi connectivity index (χ0n) is 14.6. The van der Waals surface area contributed by atoms with E-state index in [0.717, 1.165) is 27.8 Å². The summed E-state index contributed by atoms with van der Waals surface area (Å²) in [5.41, 5.74) is 5.75. The number of aryl methyl sites for hydroxylation is 4. The molecule has 0 radical (unpaired) electrons. The van der Waals surface area contributed by atoms with Gasteiger partial charge < -0.3 is 10.4 Å². The van der Waals surface area contributed by atoms with Crippen LogP contribution in [-0.4, -0.2) is 16.1 Å². The van der Waals surface area contributed by atoms with E-state index in [0.29, 0.717) is 11.3 Å². The SMILES string of the molecule is Cc1cc(C)cc(C(=O)NC(=S)Nc2c(C)cc(C)c(C)c2O)c1. The van der Waals surface area contributed by atoms with Gasteiger partial charge in [0, 0.05) is 5.56 Å². The molecule has 24 heavy (non-hydrogen) atoms. The lowest BCUT2D eigenvalue weighted by Gasteiger charge is -2.16. The lowest BCUT2D eigenvalue weighted by molar-refractivity contribution is 0.0977. The molecule has 0 aromatic heterocycles. The molecule has 126 valence electrons. The molecule has 0 aliphatic heterocycles. The lowest BCUT2D eigenvalue weighted by Crippen LogP contribution is -2.34. The first-order chi connectivity index (χ1) is 11.2. The van der Waals surface area contributed by atoms with Gasteiger partial charge in [0.2, 0.25) is 0 Å². The number of rotatable bonds is 2. The second-order valence-electron chi connectivity index (χ2n) is 6.14. The van der Waals surface area contributed by atoms with Gasteiger partial charge in [-0.1, -0.05) is 23.3 Å². The Kier molecular flexibility index (Phi) is 5.24. The Hall–Kier alpha value is -2.40. The van der Waals surface area contributed by atoms with Gasteiger partial charge in [0.25, 0.3) is 5.91 Å². The van der Waals surface area contributed by atoms with E-state index in [9.17, 15) is 9.90 Å². The average Bonchev–Trinajstić information content (AvgIpc) is 2.48. The fourth-order valence-electron chi connectivity index (χ4n) is 2.65. The highest BCUT2D eigenvalue weighted by molar-refractivity contribution is 7.80. The molecule has 2 rings (SSSR count). The second-order valence-corrected chi connectivity index (χ2v) is 6.55. The van der Waals surface area contributed by atoms with Crippen molar-refractivity contribution in [2.24, 2.45) is 0 Å². The summed E-state index contributed by atoms with van der Waals surface area (Å²) in [6, 6.07) is 7.59. The average molecular weight is 342 g/mol. The first kappa shape index (κ1) is 17.9. The Labute approximate surface area is 147 Å². The van der Waals surface area contributed by atoms with E-state index in [4.69, 9.17) is 12.2 Å². The molecule has 5 heteroatoms. The molecule has 0 heterocycles. The van der Waals surface area contributed by atoms with Crippen molar-refractivity contribution in [3.05, 3.63) is 57.6 Å². The van der Waals surface area contributed by atoms with Crippen LogP contribution in [0.5, 0.6) is 5.75 Å². The number of nitrogens with one attached hydrogen (secondary N) is 2. The molecule has 4 nitrogen and oxygen atoms in total. The number of carbonyl (C=O) groups excluding carboxylic acids is 1. The number of aromatic hydroxyl groups is 1. The Bertz CT molecular complexity index is 808. The summed E-state index contributed by atoms with van der Waals surface area (Å²) in [6.07, 6.45) is 0. The molecule has 0 fully saturated rings. The van der Waals surface area contributed by atoms with E-state index < -0.39 is 0 Å². The van der Waals surface area contributed by atoms with Crippen molar-refractivity contribution in [1.29, 1.82) is 0 Å². The number of carbonyl (C=O) groups is 1. The van der Waals surface area contributed by atoms with Crippen molar-refractivity contribution in [2.75, 3.05) is 5.32 Å². The molecule has 2 aromatic rings. The van der Waals surface area contributed by atoms with Gasteiger partial charge in [0.15, 0.2) is 5.11 Å². The van der Waals surface area contributed by atoms with Gasteiger partial charge in [0.05, 0.1) is 5.69 Å².